The van der Waals surface area contributed by atoms with Crippen molar-refractivity contribution in [1.82, 2.24) is 9.78 Å². The number of amides is 1. The van der Waals surface area contributed by atoms with Gasteiger partial charge in [-0.15, -0.1) is 0 Å². The number of nitrogens with one attached hydrogen (secondary N) is 1. The third kappa shape index (κ3) is 4.42. The van der Waals surface area contributed by atoms with Crippen LogP contribution in [0.3, 0.4) is 0 Å². The molecule has 140 valence electrons. The lowest BCUT2D eigenvalue weighted by Crippen LogP contribution is -2.13. The minimum atomic E-state index is -0.568. The highest BCUT2D eigenvalue weighted by molar-refractivity contribution is 6.34. The molecule has 2 aromatic carbocycles. The highest BCUT2D eigenvalue weighted by Crippen LogP contribution is 2.25. The molecule has 3 aromatic rings. The second-order valence-corrected chi connectivity index (χ2v) is 6.80. The Morgan fingerprint density at radius 1 is 1.18 bits per heavy atom. The Balaban J connectivity index is 1.87. The Morgan fingerprint density at radius 2 is 1.86 bits per heavy atom. The minimum absolute atomic E-state index is 0.0934. The van der Waals surface area contributed by atoms with Crippen LogP contribution in [-0.4, -0.2) is 15.7 Å². The topological polar surface area (TPSA) is 70.7 Å². The minimum Gasteiger partial charge on any atom is -0.320 e. The maximum absolute atomic E-state index is 12.5. The molecule has 0 atom stereocenters. The molecule has 0 saturated carbocycles. The first kappa shape index (κ1) is 19.7. The van der Waals surface area contributed by atoms with Gasteiger partial charge in [-0.3, -0.25) is 4.79 Å². The predicted molar refractivity (Wildman–Crippen MR) is 111 cm³/mol. The number of anilines is 1. The molecule has 0 bridgehead atoms. The van der Waals surface area contributed by atoms with Crippen molar-refractivity contribution >= 4 is 40.9 Å². The van der Waals surface area contributed by atoms with Gasteiger partial charge in [-0.05, 0) is 30.7 Å². The smallest absolute Gasteiger partial charge is 0.266 e. The summed E-state index contributed by atoms with van der Waals surface area (Å²) in [6, 6.07) is 18.5. The van der Waals surface area contributed by atoms with Crippen molar-refractivity contribution in [2.75, 3.05) is 5.32 Å². The maximum atomic E-state index is 12.5. The van der Waals surface area contributed by atoms with Gasteiger partial charge in [-0.25, -0.2) is 4.68 Å². The van der Waals surface area contributed by atoms with E-state index in [0.717, 1.165) is 5.56 Å². The lowest BCUT2D eigenvalue weighted by molar-refractivity contribution is -0.112. The molecule has 0 unspecified atom stereocenters. The summed E-state index contributed by atoms with van der Waals surface area (Å²) < 4.78 is 1.64. The third-order valence-corrected chi connectivity index (χ3v) is 4.79. The van der Waals surface area contributed by atoms with Crippen LogP contribution in [0, 0.1) is 18.3 Å². The largest absolute Gasteiger partial charge is 0.320 e. The number of carbonyl (C=O) groups is 1. The molecule has 0 saturated heterocycles. The van der Waals surface area contributed by atoms with E-state index in [4.69, 9.17) is 23.2 Å². The lowest BCUT2D eigenvalue weighted by atomic mass is 10.1. The molecule has 1 N–H and O–H groups in total. The number of hydrogen-bond acceptors (Lipinski definition) is 3. The number of halogens is 2. The van der Waals surface area contributed by atoms with Crippen LogP contribution in [0.1, 0.15) is 16.8 Å². The lowest BCUT2D eigenvalue weighted by Gasteiger charge is -2.06. The van der Waals surface area contributed by atoms with Crippen molar-refractivity contribution < 1.29 is 4.79 Å². The second-order valence-electron chi connectivity index (χ2n) is 6.04. The Labute approximate surface area is 172 Å². The number of aryl methyl sites for hydroxylation is 1. The monoisotopic (exact) mass is 410 g/mol. The molecule has 3 rings (SSSR count). The summed E-state index contributed by atoms with van der Waals surface area (Å²) in [5.41, 5.74) is 2.53. The number of benzene rings is 2. The normalized spacial score (nSPS) is 11.1. The fraction of sp³-hybridized carbons (Fsp3) is 0.0952. The van der Waals surface area contributed by atoms with Crippen LogP contribution in [-0.2, 0) is 11.3 Å². The number of nitriles is 1. The summed E-state index contributed by atoms with van der Waals surface area (Å²) in [6.45, 7) is 2.27. The molecule has 1 amide bonds. The van der Waals surface area contributed by atoms with E-state index in [1.807, 2.05) is 36.4 Å². The third-order valence-electron chi connectivity index (χ3n) is 4.06. The quantitative estimate of drug-likeness (QED) is 0.470. The number of hydrogen-bond donors (Lipinski definition) is 1. The van der Waals surface area contributed by atoms with Gasteiger partial charge < -0.3 is 5.32 Å². The Hall–Kier alpha value is -3.07. The Morgan fingerprint density at radius 3 is 2.54 bits per heavy atom. The van der Waals surface area contributed by atoms with Crippen LogP contribution < -0.4 is 5.32 Å². The van der Waals surface area contributed by atoms with E-state index in [1.165, 1.54) is 6.08 Å². The highest BCUT2D eigenvalue weighted by atomic mass is 35.5. The van der Waals surface area contributed by atoms with Crippen LogP contribution in [0.2, 0.25) is 10.2 Å². The molecule has 0 spiro atoms. The van der Waals surface area contributed by atoms with Gasteiger partial charge >= 0.3 is 0 Å². The molecule has 1 heterocycles. The molecule has 0 fully saturated rings. The zero-order valence-corrected chi connectivity index (χ0v) is 16.5. The van der Waals surface area contributed by atoms with Crippen molar-refractivity contribution in [3.05, 3.63) is 87.2 Å². The van der Waals surface area contributed by atoms with Gasteiger partial charge in [0.25, 0.3) is 5.91 Å². The summed E-state index contributed by atoms with van der Waals surface area (Å²) in [6.07, 6.45) is 1.44. The van der Waals surface area contributed by atoms with Crippen molar-refractivity contribution in [2.24, 2.45) is 0 Å². The zero-order chi connectivity index (χ0) is 20.1. The Kier molecular flexibility index (Phi) is 6.15. The summed E-state index contributed by atoms with van der Waals surface area (Å²) in [4.78, 5) is 12.5. The van der Waals surface area contributed by atoms with Gasteiger partial charge in [0, 0.05) is 5.56 Å². The number of aromatic nitrogens is 2. The standard InChI is InChI=1S/C21H16Cl2N4O/c1-14-17(20(23)27(26-14)13-15-7-3-2-4-8-15)11-16(12-24)21(28)25-19-10-6-5-9-18(19)22/h2-11H,13H2,1H3,(H,25,28)/b16-11+. The molecule has 0 aliphatic rings. The highest BCUT2D eigenvalue weighted by Gasteiger charge is 2.16. The van der Waals surface area contributed by atoms with Gasteiger partial charge in [-0.1, -0.05) is 65.7 Å². The maximum Gasteiger partial charge on any atom is 0.266 e. The average Bonchev–Trinajstić information content (AvgIpc) is 2.95. The van der Waals surface area contributed by atoms with Crippen molar-refractivity contribution in [3.63, 3.8) is 0 Å². The number of nitrogens with zero attached hydrogens (tertiary/aromatic N) is 3. The number of para-hydroxylation sites is 1. The summed E-state index contributed by atoms with van der Waals surface area (Å²) in [5, 5.41) is 17.3. The fourth-order valence-corrected chi connectivity index (χ4v) is 3.11. The SMILES string of the molecule is Cc1nn(Cc2ccccc2)c(Cl)c1/C=C(\C#N)C(=O)Nc1ccccc1Cl. The average molecular weight is 411 g/mol. The van der Waals surface area contributed by atoms with E-state index in [2.05, 4.69) is 10.4 Å². The first-order valence-corrected chi connectivity index (χ1v) is 9.19. The molecule has 0 aliphatic heterocycles. The fourth-order valence-electron chi connectivity index (χ4n) is 2.64. The van der Waals surface area contributed by atoms with Gasteiger partial charge in [0.05, 0.1) is 22.9 Å². The van der Waals surface area contributed by atoms with E-state index < -0.39 is 5.91 Å². The molecule has 0 aliphatic carbocycles. The summed E-state index contributed by atoms with van der Waals surface area (Å²) in [5.74, 6) is -0.568. The number of carbonyl (C=O) groups excluding carboxylic acids is 1. The predicted octanol–water partition coefficient (Wildman–Crippen LogP) is 5.09. The molecule has 7 heteroatoms. The van der Waals surface area contributed by atoms with Crippen molar-refractivity contribution in [3.8, 4) is 6.07 Å². The van der Waals surface area contributed by atoms with Gasteiger partial charge in [-0.2, -0.15) is 10.4 Å². The summed E-state index contributed by atoms with van der Waals surface area (Å²) in [7, 11) is 0. The van der Waals surface area contributed by atoms with Crippen molar-refractivity contribution in [1.29, 1.82) is 5.26 Å². The van der Waals surface area contributed by atoms with Crippen molar-refractivity contribution in [2.45, 2.75) is 13.5 Å². The number of rotatable bonds is 5. The van der Waals surface area contributed by atoms with E-state index in [-0.39, 0.29) is 5.57 Å². The molecule has 0 radical (unpaired) electrons. The second kappa shape index (κ2) is 8.75. The van der Waals surface area contributed by atoms with Crippen LogP contribution >= 0.6 is 23.2 Å². The van der Waals surface area contributed by atoms with Gasteiger partial charge in [0.15, 0.2) is 0 Å². The first-order chi connectivity index (χ1) is 13.5. The molecular weight excluding hydrogens is 395 g/mol. The van der Waals surface area contributed by atoms with Crippen LogP contribution in [0.5, 0.6) is 0 Å². The molecular formula is C21H16Cl2N4O. The molecule has 28 heavy (non-hydrogen) atoms. The van der Waals surface area contributed by atoms with E-state index in [0.29, 0.717) is 33.7 Å². The van der Waals surface area contributed by atoms with E-state index >= 15 is 0 Å². The first-order valence-electron chi connectivity index (χ1n) is 8.44. The van der Waals surface area contributed by atoms with Crippen LogP contribution in [0.15, 0.2) is 60.2 Å². The van der Waals surface area contributed by atoms with E-state index in [9.17, 15) is 10.1 Å². The zero-order valence-electron chi connectivity index (χ0n) is 15.0. The van der Waals surface area contributed by atoms with Gasteiger partial charge in [0.2, 0.25) is 0 Å². The van der Waals surface area contributed by atoms with Crippen LogP contribution in [0.25, 0.3) is 6.08 Å². The molecule has 5 nitrogen and oxygen atoms in total. The van der Waals surface area contributed by atoms with E-state index in [1.54, 1.807) is 35.9 Å². The Bertz CT molecular complexity index is 1080. The molecule has 1 aromatic heterocycles. The summed E-state index contributed by atoms with van der Waals surface area (Å²) >= 11 is 12.5. The van der Waals surface area contributed by atoms with Gasteiger partial charge in [0.1, 0.15) is 16.8 Å². The van der Waals surface area contributed by atoms with Crippen LogP contribution in [0.4, 0.5) is 5.69 Å².